The minimum absolute atomic E-state index is 0.0298. The zero-order valence-corrected chi connectivity index (χ0v) is 14.1. The minimum Gasteiger partial charge on any atom is -0.352 e. The van der Waals surface area contributed by atoms with Gasteiger partial charge in [-0.05, 0) is 38.9 Å². The van der Waals surface area contributed by atoms with Gasteiger partial charge in [0.1, 0.15) is 5.82 Å². The van der Waals surface area contributed by atoms with Crippen LogP contribution in [0.3, 0.4) is 0 Å². The second-order valence-corrected chi connectivity index (χ2v) is 8.05. The van der Waals surface area contributed by atoms with E-state index in [1.807, 2.05) is 13.8 Å². The normalized spacial score (nSPS) is 21.5. The monoisotopic (exact) mass is 311 g/mol. The maximum atomic E-state index is 11.8. The summed E-state index contributed by atoms with van der Waals surface area (Å²) in [6.45, 7) is 10.3. The number of rotatable bonds is 4. The van der Waals surface area contributed by atoms with E-state index < -0.39 is 9.84 Å². The molecule has 1 fully saturated rings. The molecule has 1 unspecified atom stereocenters. The molecule has 0 aromatic carbocycles. The van der Waals surface area contributed by atoms with Crippen molar-refractivity contribution in [3.63, 3.8) is 0 Å². The van der Waals surface area contributed by atoms with Crippen LogP contribution in [-0.2, 0) is 16.4 Å². The number of anilines is 1. The molecule has 1 atom stereocenters. The Morgan fingerprint density at radius 1 is 1.43 bits per heavy atom. The Labute approximate surface area is 127 Å². The van der Waals surface area contributed by atoms with Crippen molar-refractivity contribution < 1.29 is 8.42 Å². The summed E-state index contributed by atoms with van der Waals surface area (Å²) < 4.78 is 23.5. The largest absolute Gasteiger partial charge is 0.352 e. The van der Waals surface area contributed by atoms with E-state index in [-0.39, 0.29) is 17.5 Å². The summed E-state index contributed by atoms with van der Waals surface area (Å²) in [6.07, 6.45) is 0. The Kier molecular flexibility index (Phi) is 4.88. The Hall–Kier alpha value is -1.14. The third kappa shape index (κ3) is 3.74. The van der Waals surface area contributed by atoms with Crippen molar-refractivity contribution in [1.29, 1.82) is 0 Å². The van der Waals surface area contributed by atoms with E-state index in [1.54, 1.807) is 0 Å². The zero-order chi connectivity index (χ0) is 15.6. The first kappa shape index (κ1) is 16.2. The van der Waals surface area contributed by atoms with E-state index in [4.69, 9.17) is 4.98 Å². The van der Waals surface area contributed by atoms with Gasteiger partial charge in [-0.1, -0.05) is 6.92 Å². The van der Waals surface area contributed by atoms with Crippen LogP contribution in [0.4, 0.5) is 5.82 Å². The highest BCUT2D eigenvalue weighted by molar-refractivity contribution is 7.91. The van der Waals surface area contributed by atoms with E-state index >= 15 is 0 Å². The molecule has 5 nitrogen and oxygen atoms in total. The van der Waals surface area contributed by atoms with Gasteiger partial charge in [-0.3, -0.25) is 0 Å². The van der Waals surface area contributed by atoms with Crippen molar-refractivity contribution >= 4 is 15.7 Å². The van der Waals surface area contributed by atoms with Gasteiger partial charge in [-0.25, -0.2) is 13.4 Å². The summed E-state index contributed by atoms with van der Waals surface area (Å²) in [4.78, 5) is 6.85. The molecule has 0 saturated carbocycles. The lowest BCUT2D eigenvalue weighted by molar-refractivity contribution is 0.565. The number of hydrogen-bond acceptors (Lipinski definition) is 5. The van der Waals surface area contributed by atoms with Gasteiger partial charge < -0.3 is 10.2 Å². The van der Waals surface area contributed by atoms with Gasteiger partial charge in [0.15, 0.2) is 9.84 Å². The predicted molar refractivity (Wildman–Crippen MR) is 86.6 cm³/mol. The molecule has 1 aromatic rings. The highest BCUT2D eigenvalue weighted by Gasteiger charge is 2.30. The van der Waals surface area contributed by atoms with Crippen LogP contribution in [0.15, 0.2) is 6.07 Å². The SMILES string of the molecule is CCNCc1c(C)cc(C)nc1N1CCS(=O)(=O)CC1C. The Bertz CT molecular complexity index is 614. The molecule has 0 aliphatic carbocycles. The quantitative estimate of drug-likeness (QED) is 0.911. The van der Waals surface area contributed by atoms with Gasteiger partial charge >= 0.3 is 0 Å². The third-order valence-corrected chi connectivity index (χ3v) is 5.74. The average Bonchev–Trinajstić information content (AvgIpc) is 2.36. The van der Waals surface area contributed by atoms with Gasteiger partial charge in [-0.15, -0.1) is 0 Å². The molecule has 6 heteroatoms. The van der Waals surface area contributed by atoms with E-state index in [0.717, 1.165) is 24.6 Å². The van der Waals surface area contributed by atoms with Gasteiger partial charge in [-0.2, -0.15) is 0 Å². The molecule has 0 radical (unpaired) electrons. The van der Waals surface area contributed by atoms with E-state index in [1.165, 1.54) is 11.1 Å². The van der Waals surface area contributed by atoms with Crippen molar-refractivity contribution in [2.75, 3.05) is 29.5 Å². The fourth-order valence-corrected chi connectivity index (χ4v) is 4.42. The van der Waals surface area contributed by atoms with E-state index in [9.17, 15) is 8.42 Å². The first-order chi connectivity index (χ1) is 9.84. The average molecular weight is 311 g/mol. The lowest BCUT2D eigenvalue weighted by Gasteiger charge is -2.36. The summed E-state index contributed by atoms with van der Waals surface area (Å²) in [5.41, 5.74) is 3.36. The Morgan fingerprint density at radius 3 is 2.76 bits per heavy atom. The van der Waals surface area contributed by atoms with Crippen LogP contribution < -0.4 is 10.2 Å². The molecule has 0 amide bonds. The standard InChI is InChI=1S/C15H25N3O2S/c1-5-16-9-14-11(2)8-12(3)17-15(14)18-6-7-21(19,20)10-13(18)4/h8,13,16H,5-7,9-10H2,1-4H3. The predicted octanol–water partition coefficient (Wildman–Crippen LogP) is 1.43. The molecule has 1 aromatic heterocycles. The molecule has 2 heterocycles. The number of aromatic nitrogens is 1. The van der Waals surface area contributed by atoms with Crippen LogP contribution in [0.2, 0.25) is 0 Å². The van der Waals surface area contributed by atoms with Crippen LogP contribution in [-0.4, -0.2) is 44.0 Å². The second-order valence-electron chi connectivity index (χ2n) is 5.82. The molecular formula is C15H25N3O2S. The Morgan fingerprint density at radius 2 is 2.14 bits per heavy atom. The molecular weight excluding hydrogens is 286 g/mol. The van der Waals surface area contributed by atoms with E-state index in [2.05, 4.69) is 30.1 Å². The maximum absolute atomic E-state index is 11.8. The number of hydrogen-bond donors (Lipinski definition) is 1. The smallest absolute Gasteiger partial charge is 0.154 e. The van der Waals surface area contributed by atoms with E-state index in [0.29, 0.717) is 6.54 Å². The summed E-state index contributed by atoms with van der Waals surface area (Å²) >= 11 is 0. The minimum atomic E-state index is -2.91. The van der Waals surface area contributed by atoms with Crippen LogP contribution >= 0.6 is 0 Å². The zero-order valence-electron chi connectivity index (χ0n) is 13.3. The van der Waals surface area contributed by atoms with Gasteiger partial charge in [0, 0.05) is 30.4 Å². The summed E-state index contributed by atoms with van der Waals surface area (Å²) in [7, 11) is -2.91. The van der Waals surface area contributed by atoms with Gasteiger partial charge in [0.25, 0.3) is 0 Å². The van der Waals surface area contributed by atoms with Crippen LogP contribution in [0.5, 0.6) is 0 Å². The molecule has 1 aliphatic heterocycles. The number of nitrogens with zero attached hydrogens (tertiary/aromatic N) is 2. The molecule has 2 rings (SSSR count). The van der Waals surface area contributed by atoms with Crippen molar-refractivity contribution in [2.24, 2.45) is 0 Å². The van der Waals surface area contributed by atoms with Crippen molar-refractivity contribution in [2.45, 2.75) is 40.3 Å². The topological polar surface area (TPSA) is 62.3 Å². The van der Waals surface area contributed by atoms with Crippen LogP contribution in [0.1, 0.15) is 30.7 Å². The van der Waals surface area contributed by atoms with Crippen LogP contribution in [0.25, 0.3) is 0 Å². The van der Waals surface area contributed by atoms with Gasteiger partial charge in [0.2, 0.25) is 0 Å². The molecule has 1 N–H and O–H groups in total. The second kappa shape index (κ2) is 6.32. The number of aryl methyl sites for hydroxylation is 2. The maximum Gasteiger partial charge on any atom is 0.154 e. The molecule has 118 valence electrons. The van der Waals surface area contributed by atoms with Gasteiger partial charge in [0.05, 0.1) is 11.5 Å². The highest BCUT2D eigenvalue weighted by atomic mass is 32.2. The molecule has 1 aliphatic rings. The third-order valence-electron chi connectivity index (χ3n) is 3.95. The lowest BCUT2D eigenvalue weighted by Crippen LogP contribution is -2.48. The Balaban J connectivity index is 2.38. The van der Waals surface area contributed by atoms with Crippen molar-refractivity contribution in [1.82, 2.24) is 10.3 Å². The molecule has 21 heavy (non-hydrogen) atoms. The number of pyridine rings is 1. The molecule has 0 bridgehead atoms. The summed E-state index contributed by atoms with van der Waals surface area (Å²) in [5.74, 6) is 1.37. The number of sulfone groups is 1. The first-order valence-electron chi connectivity index (χ1n) is 7.49. The first-order valence-corrected chi connectivity index (χ1v) is 9.31. The number of nitrogens with one attached hydrogen (secondary N) is 1. The highest BCUT2D eigenvalue weighted by Crippen LogP contribution is 2.26. The molecule has 0 spiro atoms. The van der Waals surface area contributed by atoms with Crippen molar-refractivity contribution in [3.05, 3.63) is 22.9 Å². The summed E-state index contributed by atoms with van der Waals surface area (Å²) in [6, 6.07) is 2.06. The summed E-state index contributed by atoms with van der Waals surface area (Å²) in [5, 5.41) is 3.35. The van der Waals surface area contributed by atoms with Crippen LogP contribution in [0, 0.1) is 13.8 Å². The fourth-order valence-electron chi connectivity index (χ4n) is 2.86. The fraction of sp³-hybridized carbons (Fsp3) is 0.667. The molecule has 1 saturated heterocycles. The van der Waals surface area contributed by atoms with Crippen molar-refractivity contribution in [3.8, 4) is 0 Å². The lowest BCUT2D eigenvalue weighted by atomic mass is 10.1.